The molecule has 3 amide bonds. The molecule has 1 aliphatic rings. The fraction of sp³-hybridized carbons (Fsp3) is 0.200. The minimum Gasteiger partial charge on any atom is -0.494 e. The highest BCUT2D eigenvalue weighted by molar-refractivity contribution is 6.09. The van der Waals surface area contributed by atoms with Crippen LogP contribution in [-0.2, 0) is 10.3 Å². The van der Waals surface area contributed by atoms with Gasteiger partial charge in [-0.05, 0) is 42.3 Å². The van der Waals surface area contributed by atoms with Crippen LogP contribution in [0.1, 0.15) is 18.1 Å². The number of carbonyl (C=O) groups excluding carboxylic acids is 2. The van der Waals surface area contributed by atoms with E-state index in [4.69, 9.17) is 9.47 Å². The molecular formula is C25H24N2O4. The van der Waals surface area contributed by atoms with Crippen molar-refractivity contribution in [2.75, 3.05) is 19.8 Å². The second-order valence-corrected chi connectivity index (χ2v) is 7.12. The normalized spacial score (nSPS) is 14.9. The minimum atomic E-state index is -1.25. The smallest absolute Gasteiger partial charge is 0.325 e. The number of carbonyl (C=O) groups is 2. The van der Waals surface area contributed by atoms with E-state index in [-0.39, 0.29) is 19.1 Å². The fourth-order valence-corrected chi connectivity index (χ4v) is 3.77. The Morgan fingerprint density at radius 2 is 1.29 bits per heavy atom. The Balaban J connectivity index is 1.52. The molecule has 4 rings (SSSR count). The first-order valence-corrected chi connectivity index (χ1v) is 10.3. The van der Waals surface area contributed by atoms with Crippen LogP contribution in [0.25, 0.3) is 0 Å². The molecule has 3 aromatic carbocycles. The molecule has 1 aliphatic heterocycles. The zero-order chi connectivity index (χ0) is 21.7. The number of nitrogens with one attached hydrogen (secondary N) is 1. The third-order valence-corrected chi connectivity index (χ3v) is 5.24. The molecule has 0 aliphatic carbocycles. The third-order valence-electron chi connectivity index (χ3n) is 5.24. The van der Waals surface area contributed by atoms with Gasteiger partial charge in [0.1, 0.15) is 18.1 Å². The minimum absolute atomic E-state index is 0.138. The van der Waals surface area contributed by atoms with Gasteiger partial charge in [-0.1, -0.05) is 60.7 Å². The maximum atomic E-state index is 13.6. The molecule has 0 spiro atoms. The molecule has 6 heteroatoms. The molecule has 0 atom stereocenters. The van der Waals surface area contributed by atoms with E-state index in [0.717, 1.165) is 16.9 Å². The van der Waals surface area contributed by atoms with Crippen LogP contribution in [0.15, 0.2) is 84.9 Å². The van der Waals surface area contributed by atoms with Crippen molar-refractivity contribution in [2.45, 2.75) is 12.5 Å². The maximum absolute atomic E-state index is 13.6. The van der Waals surface area contributed by atoms with E-state index in [1.807, 2.05) is 79.7 Å². The molecule has 6 nitrogen and oxygen atoms in total. The number of hydrogen-bond acceptors (Lipinski definition) is 4. The molecular weight excluding hydrogens is 392 g/mol. The summed E-state index contributed by atoms with van der Waals surface area (Å²) in [6.45, 7) is 2.84. The Kier molecular flexibility index (Phi) is 5.89. The van der Waals surface area contributed by atoms with E-state index in [1.165, 1.54) is 4.90 Å². The lowest BCUT2D eigenvalue weighted by Gasteiger charge is -2.28. The first-order valence-electron chi connectivity index (χ1n) is 10.3. The van der Waals surface area contributed by atoms with E-state index in [9.17, 15) is 9.59 Å². The number of urea groups is 1. The summed E-state index contributed by atoms with van der Waals surface area (Å²) in [6, 6.07) is 25.4. The summed E-state index contributed by atoms with van der Waals surface area (Å²) < 4.78 is 11.2. The van der Waals surface area contributed by atoms with Crippen LogP contribution in [0.4, 0.5) is 4.79 Å². The summed E-state index contributed by atoms with van der Waals surface area (Å²) in [5, 5.41) is 2.94. The zero-order valence-corrected chi connectivity index (χ0v) is 17.3. The molecule has 3 aromatic rings. The quantitative estimate of drug-likeness (QED) is 0.565. The van der Waals surface area contributed by atoms with Crippen molar-refractivity contribution >= 4 is 11.9 Å². The highest BCUT2D eigenvalue weighted by atomic mass is 16.5. The Morgan fingerprint density at radius 1 is 0.774 bits per heavy atom. The Morgan fingerprint density at radius 3 is 1.81 bits per heavy atom. The van der Waals surface area contributed by atoms with Gasteiger partial charge in [0.15, 0.2) is 5.54 Å². The van der Waals surface area contributed by atoms with Gasteiger partial charge in [-0.2, -0.15) is 0 Å². The van der Waals surface area contributed by atoms with E-state index >= 15 is 0 Å². The van der Waals surface area contributed by atoms with Crippen LogP contribution in [0.2, 0.25) is 0 Å². The van der Waals surface area contributed by atoms with Crippen molar-refractivity contribution in [1.29, 1.82) is 0 Å². The lowest BCUT2D eigenvalue weighted by Crippen LogP contribution is -2.45. The predicted octanol–water partition coefficient (Wildman–Crippen LogP) is 3.96. The molecule has 158 valence electrons. The molecule has 1 fully saturated rings. The van der Waals surface area contributed by atoms with Gasteiger partial charge in [-0.3, -0.25) is 9.69 Å². The molecule has 0 radical (unpaired) electrons. The van der Waals surface area contributed by atoms with Crippen molar-refractivity contribution in [3.05, 3.63) is 96.1 Å². The number of imide groups is 1. The lowest BCUT2D eigenvalue weighted by atomic mass is 9.82. The summed E-state index contributed by atoms with van der Waals surface area (Å²) in [4.78, 5) is 27.6. The summed E-state index contributed by atoms with van der Waals surface area (Å²) in [6.07, 6.45) is 0. The predicted molar refractivity (Wildman–Crippen MR) is 117 cm³/mol. The van der Waals surface area contributed by atoms with Crippen molar-refractivity contribution in [3.63, 3.8) is 0 Å². The average molecular weight is 416 g/mol. The van der Waals surface area contributed by atoms with Crippen LogP contribution in [0, 0.1) is 0 Å². The van der Waals surface area contributed by atoms with E-state index < -0.39 is 11.6 Å². The SMILES string of the molecule is CCOc1ccc(OCCN2C(=O)NC(c3ccccc3)(c3ccccc3)C2=O)cc1. The number of hydrogen-bond donors (Lipinski definition) is 1. The van der Waals surface area contributed by atoms with E-state index in [1.54, 1.807) is 12.1 Å². The maximum Gasteiger partial charge on any atom is 0.325 e. The molecule has 1 heterocycles. The number of amides is 3. The first-order chi connectivity index (χ1) is 15.1. The van der Waals surface area contributed by atoms with E-state index in [2.05, 4.69) is 5.32 Å². The second-order valence-electron chi connectivity index (χ2n) is 7.12. The van der Waals surface area contributed by atoms with Crippen LogP contribution < -0.4 is 14.8 Å². The fourth-order valence-electron chi connectivity index (χ4n) is 3.77. The van der Waals surface area contributed by atoms with Gasteiger partial charge in [-0.15, -0.1) is 0 Å². The van der Waals surface area contributed by atoms with Crippen molar-refractivity contribution in [1.82, 2.24) is 10.2 Å². The second kappa shape index (κ2) is 8.92. The van der Waals surface area contributed by atoms with Gasteiger partial charge in [-0.25, -0.2) is 4.79 Å². The number of ether oxygens (including phenoxy) is 2. The molecule has 1 N–H and O–H groups in total. The Bertz CT molecular complexity index is 997. The molecule has 0 aromatic heterocycles. The molecule has 0 unspecified atom stereocenters. The molecule has 1 saturated heterocycles. The topological polar surface area (TPSA) is 67.9 Å². The van der Waals surface area contributed by atoms with Gasteiger partial charge in [0.2, 0.25) is 0 Å². The summed E-state index contributed by atoms with van der Waals surface area (Å²) in [5.74, 6) is 1.09. The summed E-state index contributed by atoms with van der Waals surface area (Å²) >= 11 is 0. The highest BCUT2D eigenvalue weighted by Crippen LogP contribution is 2.35. The molecule has 0 bridgehead atoms. The largest absolute Gasteiger partial charge is 0.494 e. The zero-order valence-electron chi connectivity index (χ0n) is 17.3. The third kappa shape index (κ3) is 3.97. The van der Waals surface area contributed by atoms with Crippen LogP contribution in [0.3, 0.4) is 0 Å². The number of benzene rings is 3. The number of nitrogens with zero attached hydrogens (tertiary/aromatic N) is 1. The van der Waals surface area contributed by atoms with Crippen molar-refractivity contribution in [2.24, 2.45) is 0 Å². The highest BCUT2D eigenvalue weighted by Gasteiger charge is 2.53. The van der Waals surface area contributed by atoms with Gasteiger partial charge < -0.3 is 14.8 Å². The first kappa shape index (κ1) is 20.5. The Hall–Kier alpha value is -3.80. The summed E-state index contributed by atoms with van der Waals surface area (Å²) in [5.41, 5.74) is 0.183. The summed E-state index contributed by atoms with van der Waals surface area (Å²) in [7, 11) is 0. The van der Waals surface area contributed by atoms with Crippen LogP contribution in [0.5, 0.6) is 11.5 Å². The number of rotatable bonds is 8. The monoisotopic (exact) mass is 416 g/mol. The molecule has 0 saturated carbocycles. The van der Waals surface area contributed by atoms with Gasteiger partial charge >= 0.3 is 6.03 Å². The average Bonchev–Trinajstić information content (AvgIpc) is 3.07. The van der Waals surface area contributed by atoms with Crippen LogP contribution >= 0.6 is 0 Å². The molecule has 31 heavy (non-hydrogen) atoms. The van der Waals surface area contributed by atoms with E-state index in [0.29, 0.717) is 12.4 Å². The van der Waals surface area contributed by atoms with Gasteiger partial charge in [0.05, 0.1) is 13.2 Å². The van der Waals surface area contributed by atoms with Gasteiger partial charge in [0.25, 0.3) is 5.91 Å². The van der Waals surface area contributed by atoms with Crippen molar-refractivity contribution < 1.29 is 19.1 Å². The Labute approximate surface area is 181 Å². The van der Waals surface area contributed by atoms with Crippen LogP contribution in [-0.4, -0.2) is 36.6 Å². The lowest BCUT2D eigenvalue weighted by molar-refractivity contribution is -0.130. The van der Waals surface area contributed by atoms with Crippen molar-refractivity contribution in [3.8, 4) is 11.5 Å². The van der Waals surface area contributed by atoms with Gasteiger partial charge in [0, 0.05) is 0 Å². The standard InChI is InChI=1S/C25H24N2O4/c1-2-30-21-13-15-22(16-14-21)31-18-17-27-23(28)25(26-24(27)29,19-9-5-3-6-10-19)20-11-7-4-8-12-20/h3-16H,2,17-18H2,1H3,(H,26,29).